The Hall–Kier alpha value is -1.11. The molecule has 1 aromatic carbocycles. The predicted octanol–water partition coefficient (Wildman–Crippen LogP) is 5.87. The summed E-state index contributed by atoms with van der Waals surface area (Å²) in [5, 5.41) is 8.53. The molecule has 0 unspecified atom stereocenters. The number of hydrogen-bond donors (Lipinski definition) is 1. The molecule has 0 fully saturated rings. The Morgan fingerprint density at radius 3 is 2.61 bits per heavy atom. The molecular formula is C17H15Br2N3S. The minimum Gasteiger partial charge on any atom is -0.370 e. The first-order valence-corrected chi connectivity index (χ1v) is 10.00. The summed E-state index contributed by atoms with van der Waals surface area (Å²) in [5.74, 6) is 1.14. The van der Waals surface area contributed by atoms with E-state index in [-0.39, 0.29) is 0 Å². The van der Waals surface area contributed by atoms with E-state index in [2.05, 4.69) is 78.3 Å². The summed E-state index contributed by atoms with van der Waals surface area (Å²) < 4.78 is 4.27. The van der Waals surface area contributed by atoms with E-state index in [9.17, 15) is 0 Å². The van der Waals surface area contributed by atoms with Gasteiger partial charge >= 0.3 is 0 Å². The SMILES string of the molecule is Brc1ccc(-n2nc(-c3ccc(Br)s3)c3c2NCCCC3)cc1. The Morgan fingerprint density at radius 2 is 1.87 bits per heavy atom. The highest BCUT2D eigenvalue weighted by atomic mass is 79.9. The Labute approximate surface area is 156 Å². The Morgan fingerprint density at radius 1 is 1.04 bits per heavy atom. The maximum atomic E-state index is 4.95. The first-order chi connectivity index (χ1) is 11.2. The van der Waals surface area contributed by atoms with Crippen molar-refractivity contribution in [1.29, 1.82) is 0 Å². The first-order valence-electron chi connectivity index (χ1n) is 7.60. The third kappa shape index (κ3) is 2.99. The van der Waals surface area contributed by atoms with E-state index in [1.165, 1.54) is 23.3 Å². The van der Waals surface area contributed by atoms with Crippen LogP contribution in [0, 0.1) is 0 Å². The van der Waals surface area contributed by atoms with E-state index in [1.54, 1.807) is 11.3 Å². The number of halogens is 2. The zero-order chi connectivity index (χ0) is 15.8. The Balaban J connectivity index is 1.89. The summed E-state index contributed by atoms with van der Waals surface area (Å²) in [6, 6.07) is 12.5. The van der Waals surface area contributed by atoms with Gasteiger partial charge in [0.2, 0.25) is 0 Å². The number of nitrogens with one attached hydrogen (secondary N) is 1. The van der Waals surface area contributed by atoms with Crippen molar-refractivity contribution >= 4 is 49.0 Å². The summed E-state index contributed by atoms with van der Waals surface area (Å²) in [4.78, 5) is 1.22. The van der Waals surface area contributed by atoms with Crippen LogP contribution in [0.5, 0.6) is 0 Å². The molecule has 0 radical (unpaired) electrons. The van der Waals surface area contributed by atoms with Crippen LogP contribution in [0.2, 0.25) is 0 Å². The van der Waals surface area contributed by atoms with Crippen LogP contribution < -0.4 is 5.32 Å². The summed E-state index contributed by atoms with van der Waals surface area (Å²) in [6.45, 7) is 1.00. The molecule has 0 atom stereocenters. The highest BCUT2D eigenvalue weighted by Crippen LogP contribution is 2.38. The van der Waals surface area contributed by atoms with E-state index in [1.807, 2.05) is 0 Å². The highest BCUT2D eigenvalue weighted by molar-refractivity contribution is 9.11. The lowest BCUT2D eigenvalue weighted by Gasteiger charge is -2.09. The van der Waals surface area contributed by atoms with E-state index in [4.69, 9.17) is 5.10 Å². The fourth-order valence-corrected chi connectivity index (χ4v) is 4.57. The molecule has 1 N–H and O–H groups in total. The van der Waals surface area contributed by atoms with Gasteiger partial charge in [-0.15, -0.1) is 11.3 Å². The van der Waals surface area contributed by atoms with Crippen molar-refractivity contribution in [3.05, 3.63) is 50.2 Å². The van der Waals surface area contributed by atoms with Gasteiger partial charge in [-0.3, -0.25) is 0 Å². The van der Waals surface area contributed by atoms with Crippen molar-refractivity contribution in [2.24, 2.45) is 0 Å². The normalized spacial score (nSPS) is 14.2. The molecular weight excluding hydrogens is 438 g/mol. The lowest BCUT2D eigenvalue weighted by molar-refractivity contribution is 0.780. The molecule has 1 aliphatic heterocycles. The quantitative estimate of drug-likeness (QED) is 0.526. The lowest BCUT2D eigenvalue weighted by Crippen LogP contribution is -2.07. The van der Waals surface area contributed by atoms with Crippen LogP contribution in [-0.4, -0.2) is 16.3 Å². The van der Waals surface area contributed by atoms with Gasteiger partial charge in [0.05, 0.1) is 14.4 Å². The van der Waals surface area contributed by atoms with Crippen molar-refractivity contribution in [2.75, 3.05) is 11.9 Å². The number of rotatable bonds is 2. The second-order valence-electron chi connectivity index (χ2n) is 5.55. The molecule has 0 spiro atoms. The van der Waals surface area contributed by atoms with Crippen LogP contribution in [0.15, 0.2) is 44.7 Å². The van der Waals surface area contributed by atoms with Crippen molar-refractivity contribution < 1.29 is 0 Å². The Bertz CT molecular complexity index is 836. The summed E-state index contributed by atoms with van der Waals surface area (Å²) in [6.07, 6.45) is 3.47. The number of anilines is 1. The van der Waals surface area contributed by atoms with Crippen molar-refractivity contribution in [1.82, 2.24) is 9.78 Å². The van der Waals surface area contributed by atoms with Gasteiger partial charge in [-0.05, 0) is 71.6 Å². The van der Waals surface area contributed by atoms with E-state index in [0.29, 0.717) is 0 Å². The number of aromatic nitrogens is 2. The topological polar surface area (TPSA) is 29.9 Å². The smallest absolute Gasteiger partial charge is 0.133 e. The number of fused-ring (bicyclic) bond motifs is 1. The fourth-order valence-electron chi connectivity index (χ4n) is 2.91. The van der Waals surface area contributed by atoms with Gasteiger partial charge in [0, 0.05) is 16.6 Å². The molecule has 3 heterocycles. The maximum absolute atomic E-state index is 4.95. The molecule has 0 amide bonds. The van der Waals surface area contributed by atoms with Gasteiger partial charge in [-0.1, -0.05) is 15.9 Å². The van der Waals surface area contributed by atoms with E-state index in [0.717, 1.165) is 38.4 Å². The van der Waals surface area contributed by atoms with Crippen LogP contribution in [-0.2, 0) is 6.42 Å². The van der Waals surface area contributed by atoms with Gasteiger partial charge in [-0.2, -0.15) is 5.10 Å². The largest absolute Gasteiger partial charge is 0.370 e. The van der Waals surface area contributed by atoms with Crippen LogP contribution in [0.1, 0.15) is 18.4 Å². The van der Waals surface area contributed by atoms with Crippen LogP contribution in [0.4, 0.5) is 5.82 Å². The molecule has 0 saturated heterocycles. The van der Waals surface area contributed by atoms with E-state index >= 15 is 0 Å². The summed E-state index contributed by atoms with van der Waals surface area (Å²) >= 11 is 8.80. The fraction of sp³-hybridized carbons (Fsp3) is 0.235. The number of hydrogen-bond acceptors (Lipinski definition) is 3. The van der Waals surface area contributed by atoms with Crippen molar-refractivity contribution in [3.8, 4) is 16.3 Å². The predicted molar refractivity (Wildman–Crippen MR) is 104 cm³/mol. The summed E-state index contributed by atoms with van der Waals surface area (Å²) in [7, 11) is 0. The van der Waals surface area contributed by atoms with E-state index < -0.39 is 0 Å². The molecule has 4 rings (SSSR count). The second kappa shape index (κ2) is 6.42. The Kier molecular flexibility index (Phi) is 4.30. The molecule has 1 aliphatic rings. The second-order valence-corrected chi connectivity index (χ2v) is 8.93. The lowest BCUT2D eigenvalue weighted by atomic mass is 10.1. The number of nitrogens with zero attached hydrogens (tertiary/aromatic N) is 2. The zero-order valence-electron chi connectivity index (χ0n) is 12.4. The molecule has 3 nitrogen and oxygen atoms in total. The zero-order valence-corrected chi connectivity index (χ0v) is 16.3. The minimum atomic E-state index is 1.00. The minimum absolute atomic E-state index is 1.00. The van der Waals surface area contributed by atoms with Crippen LogP contribution in [0.3, 0.4) is 0 Å². The molecule has 3 aromatic rings. The molecule has 23 heavy (non-hydrogen) atoms. The highest BCUT2D eigenvalue weighted by Gasteiger charge is 2.22. The van der Waals surface area contributed by atoms with Crippen molar-refractivity contribution in [2.45, 2.75) is 19.3 Å². The van der Waals surface area contributed by atoms with Gasteiger partial charge in [0.1, 0.15) is 11.5 Å². The molecule has 0 saturated carbocycles. The third-order valence-electron chi connectivity index (χ3n) is 4.01. The van der Waals surface area contributed by atoms with Gasteiger partial charge < -0.3 is 5.32 Å². The van der Waals surface area contributed by atoms with Crippen LogP contribution >= 0.6 is 43.2 Å². The molecule has 2 aromatic heterocycles. The van der Waals surface area contributed by atoms with Gasteiger partial charge in [0.15, 0.2) is 0 Å². The third-order valence-corrected chi connectivity index (χ3v) is 6.17. The molecule has 6 heteroatoms. The van der Waals surface area contributed by atoms with Gasteiger partial charge in [0.25, 0.3) is 0 Å². The first kappa shape index (κ1) is 15.4. The van der Waals surface area contributed by atoms with Crippen LogP contribution in [0.25, 0.3) is 16.3 Å². The summed E-state index contributed by atoms with van der Waals surface area (Å²) in [5.41, 5.74) is 3.52. The average molecular weight is 453 g/mol. The number of thiophene rings is 1. The maximum Gasteiger partial charge on any atom is 0.133 e. The van der Waals surface area contributed by atoms with Crippen molar-refractivity contribution in [3.63, 3.8) is 0 Å². The number of benzene rings is 1. The molecule has 118 valence electrons. The average Bonchev–Trinajstić information content (AvgIpc) is 3.04. The monoisotopic (exact) mass is 451 g/mol. The molecule has 0 bridgehead atoms. The van der Waals surface area contributed by atoms with Gasteiger partial charge in [-0.25, -0.2) is 4.68 Å². The standard InChI is InChI=1S/C17H15Br2N3S/c18-11-4-6-12(7-5-11)22-17-13(3-1-2-10-20-17)16(21-22)14-8-9-15(19)23-14/h4-9,20H,1-3,10H2. The molecule has 0 aliphatic carbocycles.